The maximum Gasteiger partial charge on any atom is 0.0548 e. The molecule has 0 amide bonds. The lowest BCUT2D eigenvalue weighted by atomic mass is 10.1. The van der Waals surface area contributed by atoms with Gasteiger partial charge < -0.3 is 5.32 Å². The van der Waals surface area contributed by atoms with Gasteiger partial charge in [0.2, 0.25) is 0 Å². The first kappa shape index (κ1) is 15.8. The Bertz CT molecular complexity index is 586. The highest BCUT2D eigenvalue weighted by Gasteiger charge is 2.06. The third kappa shape index (κ3) is 4.49. The number of halogens is 3. The van der Waals surface area contributed by atoms with Crippen molar-refractivity contribution in [3.05, 3.63) is 68.1 Å². The van der Waals surface area contributed by atoms with Crippen LogP contribution in [-0.2, 0) is 6.42 Å². The van der Waals surface area contributed by atoms with E-state index >= 15 is 0 Å². The van der Waals surface area contributed by atoms with Crippen LogP contribution in [0.2, 0.25) is 10.0 Å². The third-order valence-corrected chi connectivity index (χ3v) is 4.65. The van der Waals surface area contributed by atoms with Crippen LogP contribution >= 0.6 is 39.1 Å². The minimum absolute atomic E-state index is 0.280. The molecule has 0 aliphatic heterocycles. The smallest absolute Gasteiger partial charge is 0.0548 e. The van der Waals surface area contributed by atoms with Gasteiger partial charge in [0, 0.05) is 15.5 Å². The maximum absolute atomic E-state index is 6.00. The zero-order chi connectivity index (χ0) is 14.5. The van der Waals surface area contributed by atoms with Gasteiger partial charge in [-0.1, -0.05) is 41.4 Å². The van der Waals surface area contributed by atoms with E-state index in [2.05, 4.69) is 40.3 Å². The Morgan fingerprint density at radius 1 is 1.15 bits per heavy atom. The molecule has 0 fully saturated rings. The lowest BCUT2D eigenvalue weighted by Crippen LogP contribution is -2.21. The van der Waals surface area contributed by atoms with E-state index in [1.165, 1.54) is 11.1 Å². The van der Waals surface area contributed by atoms with Crippen LogP contribution in [0.1, 0.15) is 24.1 Å². The normalized spacial score (nSPS) is 12.4. The van der Waals surface area contributed by atoms with Crippen molar-refractivity contribution >= 4 is 39.1 Å². The fourth-order valence-corrected chi connectivity index (χ4v) is 2.75. The summed E-state index contributed by atoms with van der Waals surface area (Å²) in [5.41, 5.74) is 2.46. The molecule has 0 unspecified atom stereocenters. The number of rotatable bonds is 5. The molecule has 2 rings (SSSR count). The Labute approximate surface area is 138 Å². The van der Waals surface area contributed by atoms with Gasteiger partial charge in [0.15, 0.2) is 0 Å². The number of hydrogen-bond donors (Lipinski definition) is 1. The third-order valence-electron chi connectivity index (χ3n) is 3.20. The van der Waals surface area contributed by atoms with Gasteiger partial charge in [0.1, 0.15) is 0 Å². The number of nitrogens with one attached hydrogen (secondary N) is 1. The van der Waals surface area contributed by atoms with Gasteiger partial charge in [-0.2, -0.15) is 0 Å². The minimum atomic E-state index is 0.280. The second kappa shape index (κ2) is 7.46. The first-order valence-electron chi connectivity index (χ1n) is 6.49. The van der Waals surface area contributed by atoms with Crippen molar-refractivity contribution in [3.8, 4) is 0 Å². The van der Waals surface area contributed by atoms with Crippen molar-refractivity contribution in [2.24, 2.45) is 0 Å². The zero-order valence-electron chi connectivity index (χ0n) is 11.2. The zero-order valence-corrected chi connectivity index (χ0v) is 14.3. The molecule has 0 aromatic heterocycles. The average Bonchev–Trinajstić information content (AvgIpc) is 2.42. The quantitative estimate of drug-likeness (QED) is 0.714. The fourth-order valence-electron chi connectivity index (χ4n) is 2.03. The van der Waals surface area contributed by atoms with E-state index in [0.29, 0.717) is 0 Å². The standard InChI is InChI=1S/C16H16BrCl2N/c1-11(13-5-6-16(19)15(17)10-13)20-8-7-12-3-2-4-14(18)9-12/h2-6,9-11,20H,7-8H2,1H3/t11-/m1/s1. The first-order valence-corrected chi connectivity index (χ1v) is 8.04. The van der Waals surface area contributed by atoms with Gasteiger partial charge in [-0.3, -0.25) is 0 Å². The predicted octanol–water partition coefficient (Wildman–Crippen LogP) is 5.65. The summed E-state index contributed by atoms with van der Waals surface area (Å²) in [5, 5.41) is 5.03. The molecule has 2 aromatic carbocycles. The molecule has 4 heteroatoms. The van der Waals surface area contributed by atoms with Gasteiger partial charge >= 0.3 is 0 Å². The van der Waals surface area contributed by atoms with Crippen LogP contribution in [0.25, 0.3) is 0 Å². The van der Waals surface area contributed by atoms with Crippen molar-refractivity contribution in [2.75, 3.05) is 6.54 Å². The first-order chi connectivity index (χ1) is 9.56. The molecular weight excluding hydrogens is 357 g/mol. The van der Waals surface area contributed by atoms with Crippen molar-refractivity contribution < 1.29 is 0 Å². The van der Waals surface area contributed by atoms with E-state index < -0.39 is 0 Å². The average molecular weight is 373 g/mol. The van der Waals surface area contributed by atoms with E-state index in [4.69, 9.17) is 23.2 Å². The maximum atomic E-state index is 6.00. The summed E-state index contributed by atoms with van der Waals surface area (Å²) in [5.74, 6) is 0. The summed E-state index contributed by atoms with van der Waals surface area (Å²) in [6, 6.07) is 14.3. The van der Waals surface area contributed by atoms with Gasteiger partial charge in [-0.15, -0.1) is 0 Å². The molecule has 0 saturated heterocycles. The molecule has 1 atom stereocenters. The van der Waals surface area contributed by atoms with E-state index in [-0.39, 0.29) is 6.04 Å². The summed E-state index contributed by atoms with van der Waals surface area (Å²) in [4.78, 5) is 0. The lowest BCUT2D eigenvalue weighted by molar-refractivity contribution is 0.576. The monoisotopic (exact) mass is 371 g/mol. The number of benzene rings is 2. The molecule has 0 aliphatic rings. The highest BCUT2D eigenvalue weighted by atomic mass is 79.9. The molecule has 0 saturated carbocycles. The van der Waals surface area contributed by atoms with Crippen molar-refractivity contribution in [3.63, 3.8) is 0 Å². The SMILES string of the molecule is C[C@@H](NCCc1cccc(Cl)c1)c1ccc(Cl)c(Br)c1. The second-order valence-corrected chi connectivity index (χ2v) is 6.43. The highest BCUT2D eigenvalue weighted by Crippen LogP contribution is 2.26. The van der Waals surface area contributed by atoms with Crippen LogP contribution < -0.4 is 5.32 Å². The molecular formula is C16H16BrCl2N. The van der Waals surface area contributed by atoms with Crippen LogP contribution in [0.15, 0.2) is 46.9 Å². The predicted molar refractivity (Wildman–Crippen MR) is 90.7 cm³/mol. The van der Waals surface area contributed by atoms with Crippen LogP contribution in [0.3, 0.4) is 0 Å². The summed E-state index contributed by atoms with van der Waals surface area (Å²) in [7, 11) is 0. The van der Waals surface area contributed by atoms with E-state index in [0.717, 1.165) is 27.5 Å². The van der Waals surface area contributed by atoms with Crippen LogP contribution in [0.4, 0.5) is 0 Å². The van der Waals surface area contributed by atoms with Gasteiger partial charge in [0.05, 0.1) is 5.02 Å². The number of hydrogen-bond acceptors (Lipinski definition) is 1. The molecule has 1 nitrogen and oxygen atoms in total. The Morgan fingerprint density at radius 2 is 1.95 bits per heavy atom. The molecule has 2 aromatic rings. The van der Waals surface area contributed by atoms with Crippen molar-refractivity contribution in [2.45, 2.75) is 19.4 Å². The minimum Gasteiger partial charge on any atom is -0.310 e. The highest BCUT2D eigenvalue weighted by molar-refractivity contribution is 9.10. The van der Waals surface area contributed by atoms with Gasteiger partial charge in [-0.05, 0) is 71.2 Å². The molecule has 0 spiro atoms. The van der Waals surface area contributed by atoms with Crippen LogP contribution in [0.5, 0.6) is 0 Å². The van der Waals surface area contributed by atoms with Gasteiger partial charge in [-0.25, -0.2) is 0 Å². The molecule has 0 heterocycles. The van der Waals surface area contributed by atoms with Crippen molar-refractivity contribution in [1.29, 1.82) is 0 Å². The van der Waals surface area contributed by atoms with E-state index in [9.17, 15) is 0 Å². The van der Waals surface area contributed by atoms with Crippen molar-refractivity contribution in [1.82, 2.24) is 5.32 Å². The largest absolute Gasteiger partial charge is 0.310 e. The van der Waals surface area contributed by atoms with Crippen LogP contribution in [0, 0.1) is 0 Å². The summed E-state index contributed by atoms with van der Waals surface area (Å²) in [6.07, 6.45) is 0.958. The Morgan fingerprint density at radius 3 is 2.65 bits per heavy atom. The lowest BCUT2D eigenvalue weighted by Gasteiger charge is -2.15. The molecule has 0 bridgehead atoms. The Hall–Kier alpha value is -0.540. The second-order valence-electron chi connectivity index (χ2n) is 4.73. The molecule has 20 heavy (non-hydrogen) atoms. The molecule has 106 valence electrons. The Balaban J connectivity index is 1.88. The van der Waals surface area contributed by atoms with Crippen LogP contribution in [-0.4, -0.2) is 6.54 Å². The molecule has 1 N–H and O–H groups in total. The summed E-state index contributed by atoms with van der Waals surface area (Å²) < 4.78 is 0.931. The van der Waals surface area contributed by atoms with E-state index in [1.54, 1.807) is 0 Å². The summed E-state index contributed by atoms with van der Waals surface area (Å²) >= 11 is 15.4. The Kier molecular flexibility index (Phi) is 5.91. The fraction of sp³-hybridized carbons (Fsp3) is 0.250. The molecule has 0 aliphatic carbocycles. The summed E-state index contributed by atoms with van der Waals surface area (Å²) in [6.45, 7) is 3.05. The van der Waals surface area contributed by atoms with Gasteiger partial charge in [0.25, 0.3) is 0 Å². The topological polar surface area (TPSA) is 12.0 Å². The van der Waals surface area contributed by atoms with E-state index in [1.807, 2.05) is 30.3 Å². The molecule has 0 radical (unpaired) electrons.